The van der Waals surface area contributed by atoms with Crippen LogP contribution in [0.25, 0.3) is 0 Å². The first-order chi connectivity index (χ1) is 7.41. The van der Waals surface area contributed by atoms with Crippen LogP contribution in [0.1, 0.15) is 26.3 Å². The standard InChI is InChI=1S/C13H17ClF2/c1-8(2)12(9(3)14)6-10-4-5-11(15)7-13(10)16/h4-5,7-9,12H,6H2,1-3H3. The molecule has 0 saturated carbocycles. The minimum absolute atomic E-state index is 0.0237. The molecule has 2 unspecified atom stereocenters. The zero-order valence-electron chi connectivity index (χ0n) is 9.81. The molecule has 0 fully saturated rings. The van der Waals surface area contributed by atoms with Crippen LogP contribution in [0, 0.1) is 23.5 Å². The summed E-state index contributed by atoms with van der Waals surface area (Å²) in [5.74, 6) is -0.456. The quantitative estimate of drug-likeness (QED) is 0.691. The fourth-order valence-electron chi connectivity index (χ4n) is 1.87. The molecule has 3 heteroatoms. The molecule has 1 aromatic carbocycles. The molecule has 0 aliphatic rings. The Kier molecular flexibility index (Phi) is 4.72. The summed E-state index contributed by atoms with van der Waals surface area (Å²) in [6.07, 6.45) is 0.550. The molecule has 2 atom stereocenters. The van der Waals surface area contributed by atoms with Crippen molar-refractivity contribution in [3.05, 3.63) is 35.4 Å². The summed E-state index contributed by atoms with van der Waals surface area (Å²) in [5, 5.41) is -0.0237. The van der Waals surface area contributed by atoms with Crippen LogP contribution < -0.4 is 0 Å². The van der Waals surface area contributed by atoms with Gasteiger partial charge in [0, 0.05) is 11.4 Å². The molecule has 0 aliphatic heterocycles. The summed E-state index contributed by atoms with van der Waals surface area (Å²) in [6.45, 7) is 6.03. The van der Waals surface area contributed by atoms with Gasteiger partial charge in [0.25, 0.3) is 0 Å². The van der Waals surface area contributed by atoms with Gasteiger partial charge < -0.3 is 0 Å². The topological polar surface area (TPSA) is 0 Å². The Hall–Kier alpha value is -0.630. The fourth-order valence-corrected chi connectivity index (χ4v) is 2.25. The molecule has 0 aromatic heterocycles. The second kappa shape index (κ2) is 5.62. The summed E-state index contributed by atoms with van der Waals surface area (Å²) in [5.41, 5.74) is 0.535. The first-order valence-electron chi connectivity index (χ1n) is 5.49. The van der Waals surface area contributed by atoms with E-state index >= 15 is 0 Å². The van der Waals surface area contributed by atoms with E-state index in [1.54, 1.807) is 0 Å². The monoisotopic (exact) mass is 246 g/mol. The lowest BCUT2D eigenvalue weighted by Gasteiger charge is -2.23. The van der Waals surface area contributed by atoms with Gasteiger partial charge in [0.05, 0.1) is 0 Å². The number of hydrogen-bond donors (Lipinski definition) is 0. The summed E-state index contributed by atoms with van der Waals surface area (Å²) in [6, 6.07) is 3.71. The van der Waals surface area contributed by atoms with Crippen LogP contribution >= 0.6 is 11.6 Å². The number of rotatable bonds is 4. The largest absolute Gasteiger partial charge is 0.207 e. The second-order valence-electron chi connectivity index (χ2n) is 4.53. The first-order valence-corrected chi connectivity index (χ1v) is 5.93. The van der Waals surface area contributed by atoms with E-state index in [0.29, 0.717) is 17.9 Å². The van der Waals surface area contributed by atoms with Gasteiger partial charge in [-0.05, 0) is 36.8 Å². The van der Waals surface area contributed by atoms with Gasteiger partial charge in [-0.3, -0.25) is 0 Å². The van der Waals surface area contributed by atoms with Gasteiger partial charge in [0.2, 0.25) is 0 Å². The Labute approximate surface area is 101 Å². The van der Waals surface area contributed by atoms with Crippen LogP contribution in [0.5, 0.6) is 0 Å². The summed E-state index contributed by atoms with van der Waals surface area (Å²) in [7, 11) is 0. The summed E-state index contributed by atoms with van der Waals surface area (Å²) < 4.78 is 26.2. The molecule has 0 heterocycles. The van der Waals surface area contributed by atoms with Gasteiger partial charge in [0.15, 0.2) is 0 Å². The van der Waals surface area contributed by atoms with Crippen molar-refractivity contribution >= 4 is 11.6 Å². The van der Waals surface area contributed by atoms with Crippen molar-refractivity contribution in [2.75, 3.05) is 0 Å². The zero-order chi connectivity index (χ0) is 12.3. The maximum atomic E-state index is 13.5. The van der Waals surface area contributed by atoms with Gasteiger partial charge >= 0.3 is 0 Å². The van der Waals surface area contributed by atoms with Crippen molar-refractivity contribution in [3.63, 3.8) is 0 Å². The van der Waals surface area contributed by atoms with Crippen molar-refractivity contribution in [1.29, 1.82) is 0 Å². The molecule has 0 spiro atoms. The molecule has 0 amide bonds. The van der Waals surface area contributed by atoms with Crippen LogP contribution in [0.2, 0.25) is 0 Å². The maximum Gasteiger partial charge on any atom is 0.129 e. The maximum absolute atomic E-state index is 13.5. The average Bonchev–Trinajstić information content (AvgIpc) is 2.15. The first kappa shape index (κ1) is 13.4. The van der Waals surface area contributed by atoms with E-state index in [9.17, 15) is 8.78 Å². The number of alkyl halides is 1. The predicted octanol–water partition coefficient (Wildman–Crippen LogP) is 4.41. The van der Waals surface area contributed by atoms with Crippen LogP contribution in [0.4, 0.5) is 8.78 Å². The van der Waals surface area contributed by atoms with Gasteiger partial charge in [-0.2, -0.15) is 0 Å². The highest BCUT2D eigenvalue weighted by molar-refractivity contribution is 6.20. The summed E-state index contributed by atoms with van der Waals surface area (Å²) >= 11 is 6.08. The van der Waals surface area contributed by atoms with Gasteiger partial charge in [-0.15, -0.1) is 11.6 Å². The molecular weight excluding hydrogens is 230 g/mol. The van der Waals surface area contributed by atoms with Crippen LogP contribution in [0.3, 0.4) is 0 Å². The van der Waals surface area contributed by atoms with Gasteiger partial charge in [-0.1, -0.05) is 19.9 Å². The molecule has 0 bridgehead atoms. The van der Waals surface area contributed by atoms with E-state index < -0.39 is 11.6 Å². The van der Waals surface area contributed by atoms with E-state index in [0.717, 1.165) is 6.07 Å². The molecular formula is C13H17ClF2. The molecule has 0 aliphatic carbocycles. The van der Waals surface area contributed by atoms with Crippen molar-refractivity contribution in [1.82, 2.24) is 0 Å². The Morgan fingerprint density at radius 1 is 1.19 bits per heavy atom. The third-order valence-electron chi connectivity index (χ3n) is 2.92. The third-order valence-corrected chi connectivity index (χ3v) is 3.24. The normalized spacial score (nSPS) is 15.2. The number of halogens is 3. The van der Waals surface area contributed by atoms with Crippen LogP contribution in [-0.4, -0.2) is 5.38 Å². The van der Waals surface area contributed by atoms with Crippen molar-refractivity contribution in [2.45, 2.75) is 32.6 Å². The molecule has 0 N–H and O–H groups in total. The minimum atomic E-state index is -0.540. The Bertz CT molecular complexity index is 340. The van der Waals surface area contributed by atoms with Crippen molar-refractivity contribution in [2.24, 2.45) is 11.8 Å². The van der Waals surface area contributed by atoms with Crippen molar-refractivity contribution < 1.29 is 8.78 Å². The Morgan fingerprint density at radius 2 is 1.81 bits per heavy atom. The van der Waals surface area contributed by atoms with Gasteiger partial charge in [-0.25, -0.2) is 8.78 Å². The van der Waals surface area contributed by atoms with Gasteiger partial charge in [0.1, 0.15) is 11.6 Å². The number of benzene rings is 1. The van der Waals surface area contributed by atoms with E-state index in [4.69, 9.17) is 11.6 Å². The third kappa shape index (κ3) is 3.44. The van der Waals surface area contributed by atoms with Crippen molar-refractivity contribution in [3.8, 4) is 0 Å². The second-order valence-corrected chi connectivity index (χ2v) is 5.21. The van der Waals surface area contributed by atoms with E-state index in [1.807, 2.05) is 6.92 Å². The Balaban J connectivity index is 2.85. The molecule has 0 saturated heterocycles. The average molecular weight is 247 g/mol. The molecule has 0 radical (unpaired) electrons. The lowest BCUT2D eigenvalue weighted by Crippen LogP contribution is -2.21. The zero-order valence-corrected chi connectivity index (χ0v) is 10.6. The minimum Gasteiger partial charge on any atom is -0.207 e. The Morgan fingerprint density at radius 3 is 2.25 bits per heavy atom. The molecule has 90 valence electrons. The lowest BCUT2D eigenvalue weighted by molar-refractivity contribution is 0.371. The molecule has 16 heavy (non-hydrogen) atoms. The number of hydrogen-bond acceptors (Lipinski definition) is 0. The highest BCUT2D eigenvalue weighted by atomic mass is 35.5. The van der Waals surface area contributed by atoms with E-state index in [2.05, 4.69) is 13.8 Å². The lowest BCUT2D eigenvalue weighted by atomic mass is 9.87. The van der Waals surface area contributed by atoms with Crippen LogP contribution in [-0.2, 0) is 6.42 Å². The SMILES string of the molecule is CC(C)C(Cc1ccc(F)cc1F)C(C)Cl. The molecule has 1 aromatic rings. The predicted molar refractivity (Wildman–Crippen MR) is 63.7 cm³/mol. The van der Waals surface area contributed by atoms with E-state index in [-0.39, 0.29) is 11.3 Å². The van der Waals surface area contributed by atoms with Crippen LogP contribution in [0.15, 0.2) is 18.2 Å². The smallest absolute Gasteiger partial charge is 0.129 e. The highest BCUT2D eigenvalue weighted by Crippen LogP contribution is 2.25. The molecule has 1 rings (SSSR count). The highest BCUT2D eigenvalue weighted by Gasteiger charge is 2.21. The molecule has 0 nitrogen and oxygen atoms in total. The summed E-state index contributed by atoms with van der Waals surface area (Å²) in [4.78, 5) is 0. The van der Waals surface area contributed by atoms with E-state index in [1.165, 1.54) is 12.1 Å². The fraction of sp³-hybridized carbons (Fsp3) is 0.538.